The zero-order valence-electron chi connectivity index (χ0n) is 15.4. The maximum atomic E-state index is 10.9. The average Bonchev–Trinajstić information content (AvgIpc) is 2.72. The van der Waals surface area contributed by atoms with Gasteiger partial charge in [-0.3, -0.25) is 0 Å². The lowest BCUT2D eigenvalue weighted by Crippen LogP contribution is -2.25. The second-order valence-corrected chi connectivity index (χ2v) is 7.85. The summed E-state index contributed by atoms with van der Waals surface area (Å²) >= 11 is 0. The molecule has 0 bridgehead atoms. The van der Waals surface area contributed by atoms with E-state index in [0.717, 1.165) is 18.2 Å². The van der Waals surface area contributed by atoms with Crippen molar-refractivity contribution in [2.45, 2.75) is 24.8 Å². The molecule has 0 heterocycles. The van der Waals surface area contributed by atoms with Crippen LogP contribution in [0.15, 0.2) is 84.9 Å². The predicted octanol–water partition coefficient (Wildman–Crippen LogP) is 5.23. The molecule has 0 fully saturated rings. The number of aromatic carboxylic acids is 1. The van der Waals surface area contributed by atoms with Gasteiger partial charge in [0.05, 0.1) is 5.56 Å². The highest BCUT2D eigenvalue weighted by Crippen LogP contribution is 2.36. The highest BCUT2D eigenvalue weighted by Gasteiger charge is 2.28. The fraction of sp³-hybridized carbons (Fsp3) is 0.174. The summed E-state index contributed by atoms with van der Waals surface area (Å²) in [6.45, 7) is 2.31. The molecule has 4 heteroatoms. The fourth-order valence-electron chi connectivity index (χ4n) is 3.24. The molecule has 0 aromatic heterocycles. The molecule has 0 atom stereocenters. The molecule has 3 aromatic rings. The normalized spacial score (nSPS) is 11.1. The minimum absolute atomic E-state index is 0.0373. The number of nitrogens with one attached hydrogen (secondary N) is 1. The van der Waals surface area contributed by atoms with Crippen molar-refractivity contribution < 1.29 is 9.90 Å². The van der Waals surface area contributed by atoms with Gasteiger partial charge in [0.15, 0.2) is 9.68 Å². The van der Waals surface area contributed by atoms with Crippen molar-refractivity contribution >= 4 is 21.3 Å². The maximum absolute atomic E-state index is 10.9. The smallest absolute Gasteiger partial charge is 0.335 e. The van der Waals surface area contributed by atoms with Crippen molar-refractivity contribution in [3.8, 4) is 0 Å². The molecule has 2 N–H and O–H groups in total. The Balaban J connectivity index is 1.66. The first-order valence-electron chi connectivity index (χ1n) is 9.03. The lowest BCUT2D eigenvalue weighted by Gasteiger charge is -2.31. The highest BCUT2D eigenvalue weighted by molar-refractivity contribution is 6.40. The molecule has 0 amide bonds. The quantitative estimate of drug-likeness (QED) is 0.420. The number of carbonyl (C=O) groups is 1. The molecule has 2 radical (unpaired) electrons. The summed E-state index contributed by atoms with van der Waals surface area (Å²) in [5.74, 6) is -0.898. The van der Waals surface area contributed by atoms with Gasteiger partial charge in [0, 0.05) is 11.1 Å². The largest absolute Gasteiger partial charge is 0.478 e. The Hall–Kier alpha value is -2.85. The van der Waals surface area contributed by atoms with Crippen LogP contribution in [-0.2, 0) is 5.41 Å². The molecule has 3 nitrogen and oxygen atoms in total. The third kappa shape index (κ3) is 4.66. The van der Waals surface area contributed by atoms with Gasteiger partial charge in [-0.1, -0.05) is 67.6 Å². The van der Waals surface area contributed by atoms with Gasteiger partial charge < -0.3 is 10.1 Å². The molecular formula is C23H23NO2Si. The van der Waals surface area contributed by atoms with Crippen molar-refractivity contribution in [3.63, 3.8) is 0 Å². The highest BCUT2D eigenvalue weighted by atomic mass is 28.2. The minimum atomic E-state index is -0.898. The van der Waals surface area contributed by atoms with E-state index in [0.29, 0.717) is 15.2 Å². The van der Waals surface area contributed by atoms with Gasteiger partial charge in [-0.25, -0.2) is 4.79 Å². The summed E-state index contributed by atoms with van der Waals surface area (Å²) in [6.07, 6.45) is 1.03. The summed E-state index contributed by atoms with van der Waals surface area (Å²) in [6, 6.07) is 29.3. The van der Waals surface area contributed by atoms with Crippen molar-refractivity contribution in [2.75, 3.05) is 4.98 Å². The van der Waals surface area contributed by atoms with Crippen LogP contribution in [0.3, 0.4) is 0 Å². The van der Waals surface area contributed by atoms with Crippen molar-refractivity contribution in [1.29, 1.82) is 0 Å². The third-order valence-corrected chi connectivity index (χ3v) is 5.90. The lowest BCUT2D eigenvalue weighted by atomic mass is 9.74. The molecule has 3 aromatic carbocycles. The van der Waals surface area contributed by atoms with E-state index in [2.05, 4.69) is 72.6 Å². The topological polar surface area (TPSA) is 49.3 Å². The third-order valence-electron chi connectivity index (χ3n) is 4.94. The SMILES string of the molecule is CC(CC[Si]Nc1ccc(C(=O)O)cc1)(c1ccccc1)c1ccccc1. The molecule has 0 aliphatic heterocycles. The second-order valence-electron chi connectivity index (χ2n) is 6.75. The number of hydrogen-bond donors (Lipinski definition) is 2. The predicted molar refractivity (Wildman–Crippen MR) is 112 cm³/mol. The number of anilines is 1. The molecule has 0 unspecified atom stereocenters. The molecule has 0 aliphatic rings. The van der Waals surface area contributed by atoms with Gasteiger partial charge in [0.2, 0.25) is 0 Å². The van der Waals surface area contributed by atoms with E-state index in [9.17, 15) is 4.79 Å². The Kier molecular flexibility index (Phi) is 6.09. The Morgan fingerprint density at radius 3 is 1.89 bits per heavy atom. The van der Waals surface area contributed by atoms with E-state index in [1.54, 1.807) is 12.1 Å². The number of benzene rings is 3. The Bertz CT molecular complexity index is 824. The van der Waals surface area contributed by atoms with Crippen molar-refractivity contribution in [3.05, 3.63) is 102 Å². The number of rotatable bonds is 8. The summed E-state index contributed by atoms with van der Waals surface area (Å²) < 4.78 is 0. The lowest BCUT2D eigenvalue weighted by molar-refractivity contribution is 0.0697. The van der Waals surface area contributed by atoms with Gasteiger partial charge >= 0.3 is 5.97 Å². The van der Waals surface area contributed by atoms with E-state index in [4.69, 9.17) is 5.11 Å². The van der Waals surface area contributed by atoms with Crippen LogP contribution in [0.5, 0.6) is 0 Å². The molecule has 0 saturated heterocycles. The molecule has 27 heavy (non-hydrogen) atoms. The molecule has 3 rings (SSSR count). The maximum Gasteiger partial charge on any atom is 0.335 e. The van der Waals surface area contributed by atoms with Crippen LogP contribution in [-0.4, -0.2) is 20.8 Å². The van der Waals surface area contributed by atoms with Crippen LogP contribution in [0.25, 0.3) is 0 Å². The van der Waals surface area contributed by atoms with Crippen LogP contribution in [0, 0.1) is 0 Å². The molecule has 0 spiro atoms. The zero-order chi connectivity index (χ0) is 19.1. The molecular weight excluding hydrogens is 350 g/mol. The van der Waals surface area contributed by atoms with Crippen LogP contribution >= 0.6 is 0 Å². The van der Waals surface area contributed by atoms with E-state index in [1.165, 1.54) is 11.1 Å². The van der Waals surface area contributed by atoms with Crippen LogP contribution < -0.4 is 4.98 Å². The van der Waals surface area contributed by atoms with Gasteiger partial charge in [0.25, 0.3) is 0 Å². The molecule has 0 saturated carbocycles. The summed E-state index contributed by atoms with van der Waals surface area (Å²) in [7, 11) is 0.567. The van der Waals surface area contributed by atoms with E-state index < -0.39 is 5.97 Å². The summed E-state index contributed by atoms with van der Waals surface area (Å²) in [4.78, 5) is 14.4. The number of carboxylic acid groups (broad SMARTS) is 1. The van der Waals surface area contributed by atoms with Crippen LogP contribution in [0.1, 0.15) is 34.8 Å². The van der Waals surface area contributed by atoms with Gasteiger partial charge in [-0.2, -0.15) is 0 Å². The fourth-order valence-corrected chi connectivity index (χ4v) is 4.36. The monoisotopic (exact) mass is 373 g/mol. The van der Waals surface area contributed by atoms with E-state index in [1.807, 2.05) is 12.1 Å². The van der Waals surface area contributed by atoms with Gasteiger partial charge in [-0.05, 0) is 47.9 Å². The van der Waals surface area contributed by atoms with E-state index in [-0.39, 0.29) is 5.41 Å². The van der Waals surface area contributed by atoms with Crippen molar-refractivity contribution in [1.82, 2.24) is 0 Å². The number of carboxylic acids is 1. The van der Waals surface area contributed by atoms with Crippen molar-refractivity contribution in [2.24, 2.45) is 0 Å². The summed E-state index contributed by atoms with van der Waals surface area (Å²) in [5.41, 5.74) is 3.88. The van der Waals surface area contributed by atoms with Crippen LogP contribution in [0.2, 0.25) is 6.04 Å². The zero-order valence-corrected chi connectivity index (χ0v) is 16.4. The van der Waals surface area contributed by atoms with Gasteiger partial charge in [0.1, 0.15) is 0 Å². The standard InChI is InChI=1S/C23H23NO2Si/c1-23(19-8-4-2-5-9-19,20-10-6-3-7-11-20)16-17-27-24-21-14-12-18(13-15-21)22(25)26/h2-15,24H,16-17H2,1H3,(H,25,26). The van der Waals surface area contributed by atoms with Gasteiger partial charge in [-0.15, -0.1) is 0 Å². The first kappa shape index (κ1) is 18.9. The minimum Gasteiger partial charge on any atom is -0.478 e. The Morgan fingerprint density at radius 1 is 0.889 bits per heavy atom. The average molecular weight is 374 g/mol. The Morgan fingerprint density at radius 2 is 1.41 bits per heavy atom. The first-order valence-corrected chi connectivity index (χ1v) is 10.2. The van der Waals surface area contributed by atoms with E-state index >= 15 is 0 Å². The second kappa shape index (κ2) is 8.69. The van der Waals surface area contributed by atoms with Crippen LogP contribution in [0.4, 0.5) is 5.69 Å². The first-order chi connectivity index (χ1) is 13.1. The molecule has 0 aliphatic carbocycles. The molecule has 136 valence electrons. The number of hydrogen-bond acceptors (Lipinski definition) is 2. The summed E-state index contributed by atoms with van der Waals surface area (Å²) in [5, 5.41) is 8.98. The Labute approximate surface area is 163 Å².